The number of hydrogen-bond acceptors (Lipinski definition) is 5. The predicted molar refractivity (Wildman–Crippen MR) is 87.5 cm³/mol. The standard InChI is InChI=1S/C18H21N3O3/c1-12-19-17(24-20-12)13-6-8-14(9-7-13)18(22)21-10-11-23-16-5-3-2-4-15(16)21/h6-9,15-16H,2-5,10-11H2,1H3/t15-,16-/m0/s1. The molecule has 0 spiro atoms. The van der Waals surface area contributed by atoms with Crippen LogP contribution in [0.5, 0.6) is 0 Å². The fourth-order valence-corrected chi connectivity index (χ4v) is 3.68. The molecule has 2 aliphatic rings. The number of carbonyl (C=O) groups is 1. The second kappa shape index (κ2) is 6.36. The van der Waals surface area contributed by atoms with Gasteiger partial charge in [-0.05, 0) is 44.0 Å². The summed E-state index contributed by atoms with van der Waals surface area (Å²) < 4.78 is 11.0. The van der Waals surface area contributed by atoms with Crippen LogP contribution >= 0.6 is 0 Å². The average molecular weight is 327 g/mol. The minimum absolute atomic E-state index is 0.0865. The Morgan fingerprint density at radius 3 is 2.75 bits per heavy atom. The Bertz CT molecular complexity index is 723. The molecule has 1 aliphatic carbocycles. The number of nitrogens with zero attached hydrogens (tertiary/aromatic N) is 3. The fourth-order valence-electron chi connectivity index (χ4n) is 3.68. The van der Waals surface area contributed by atoms with Crippen LogP contribution in [0.1, 0.15) is 41.9 Å². The summed E-state index contributed by atoms with van der Waals surface area (Å²) in [5.41, 5.74) is 1.52. The summed E-state index contributed by atoms with van der Waals surface area (Å²) in [6.45, 7) is 3.08. The van der Waals surface area contributed by atoms with Crippen LogP contribution in [0.25, 0.3) is 11.5 Å². The van der Waals surface area contributed by atoms with Gasteiger partial charge in [0.15, 0.2) is 5.82 Å². The van der Waals surface area contributed by atoms with Crippen molar-refractivity contribution in [1.82, 2.24) is 15.0 Å². The number of carbonyl (C=O) groups excluding carboxylic acids is 1. The van der Waals surface area contributed by atoms with E-state index in [0.717, 1.165) is 18.4 Å². The summed E-state index contributed by atoms with van der Waals surface area (Å²) in [6.07, 6.45) is 4.67. The lowest BCUT2D eigenvalue weighted by molar-refractivity contribution is -0.0752. The van der Waals surface area contributed by atoms with Crippen LogP contribution in [0.4, 0.5) is 0 Å². The molecule has 1 aliphatic heterocycles. The van der Waals surface area contributed by atoms with Gasteiger partial charge in [-0.3, -0.25) is 4.79 Å². The highest BCUT2D eigenvalue weighted by Crippen LogP contribution is 2.29. The van der Waals surface area contributed by atoms with Gasteiger partial charge in [-0.25, -0.2) is 0 Å². The molecule has 0 radical (unpaired) electrons. The van der Waals surface area contributed by atoms with Crippen molar-refractivity contribution in [3.05, 3.63) is 35.7 Å². The van der Waals surface area contributed by atoms with Crippen LogP contribution in [0.15, 0.2) is 28.8 Å². The van der Waals surface area contributed by atoms with Gasteiger partial charge in [0, 0.05) is 17.7 Å². The molecule has 6 heteroatoms. The number of aromatic nitrogens is 2. The van der Waals surface area contributed by atoms with Crippen molar-refractivity contribution in [1.29, 1.82) is 0 Å². The zero-order valence-electron chi connectivity index (χ0n) is 13.8. The maximum Gasteiger partial charge on any atom is 0.257 e. The summed E-state index contributed by atoms with van der Waals surface area (Å²) in [5.74, 6) is 1.16. The predicted octanol–water partition coefficient (Wildman–Crippen LogP) is 2.83. The van der Waals surface area contributed by atoms with Crippen molar-refractivity contribution < 1.29 is 14.1 Å². The van der Waals surface area contributed by atoms with Crippen molar-refractivity contribution in [2.75, 3.05) is 13.2 Å². The summed E-state index contributed by atoms with van der Waals surface area (Å²) in [4.78, 5) is 19.1. The Balaban J connectivity index is 1.53. The van der Waals surface area contributed by atoms with Crippen LogP contribution in [0.2, 0.25) is 0 Å². The van der Waals surface area contributed by atoms with Crippen LogP contribution in [0.3, 0.4) is 0 Å². The number of morpholine rings is 1. The summed E-state index contributed by atoms with van der Waals surface area (Å²) in [7, 11) is 0. The van der Waals surface area contributed by atoms with E-state index in [1.807, 2.05) is 29.2 Å². The first-order valence-electron chi connectivity index (χ1n) is 8.56. The van der Waals surface area contributed by atoms with Crippen LogP contribution in [-0.2, 0) is 4.74 Å². The Hall–Kier alpha value is -2.21. The van der Waals surface area contributed by atoms with Gasteiger partial charge in [0.25, 0.3) is 11.8 Å². The van der Waals surface area contributed by atoms with E-state index in [2.05, 4.69) is 10.1 Å². The molecule has 6 nitrogen and oxygen atoms in total. The van der Waals surface area contributed by atoms with Crippen molar-refractivity contribution in [2.24, 2.45) is 0 Å². The third-order valence-corrected chi connectivity index (χ3v) is 4.90. The molecule has 24 heavy (non-hydrogen) atoms. The van der Waals surface area contributed by atoms with E-state index < -0.39 is 0 Å². The van der Waals surface area contributed by atoms with E-state index in [4.69, 9.17) is 9.26 Å². The zero-order chi connectivity index (χ0) is 16.5. The highest BCUT2D eigenvalue weighted by Gasteiger charge is 2.36. The second-order valence-electron chi connectivity index (χ2n) is 6.48. The number of rotatable bonds is 2. The largest absolute Gasteiger partial charge is 0.374 e. The van der Waals surface area contributed by atoms with Crippen molar-refractivity contribution in [2.45, 2.75) is 44.8 Å². The van der Waals surface area contributed by atoms with Gasteiger partial charge < -0.3 is 14.2 Å². The molecule has 1 saturated carbocycles. The van der Waals surface area contributed by atoms with E-state index in [1.165, 1.54) is 12.8 Å². The molecule has 1 amide bonds. The Morgan fingerprint density at radius 1 is 1.21 bits per heavy atom. The highest BCUT2D eigenvalue weighted by atomic mass is 16.5. The summed E-state index contributed by atoms with van der Waals surface area (Å²) >= 11 is 0. The normalized spacial score (nSPS) is 23.8. The lowest BCUT2D eigenvalue weighted by Gasteiger charge is -2.43. The first kappa shape index (κ1) is 15.3. The molecule has 2 aromatic rings. The Labute approximate surface area is 140 Å². The topological polar surface area (TPSA) is 68.5 Å². The average Bonchev–Trinajstić information content (AvgIpc) is 3.07. The van der Waals surface area contributed by atoms with E-state index in [-0.39, 0.29) is 18.1 Å². The lowest BCUT2D eigenvalue weighted by Crippen LogP contribution is -2.54. The minimum Gasteiger partial charge on any atom is -0.374 e. The third-order valence-electron chi connectivity index (χ3n) is 4.90. The van der Waals surface area contributed by atoms with Crippen LogP contribution in [-0.4, -0.2) is 46.2 Å². The molecule has 1 aromatic heterocycles. The quantitative estimate of drug-likeness (QED) is 0.848. The lowest BCUT2D eigenvalue weighted by atomic mass is 9.89. The van der Waals surface area contributed by atoms with E-state index in [0.29, 0.717) is 30.4 Å². The zero-order valence-corrected chi connectivity index (χ0v) is 13.8. The molecule has 1 saturated heterocycles. The SMILES string of the molecule is Cc1noc(-c2ccc(C(=O)N3CCO[C@H]4CCCC[C@@H]43)cc2)n1. The van der Waals surface area contributed by atoms with E-state index in [1.54, 1.807) is 6.92 Å². The van der Waals surface area contributed by atoms with Gasteiger partial charge in [0.2, 0.25) is 0 Å². The molecule has 2 atom stereocenters. The van der Waals surface area contributed by atoms with Gasteiger partial charge >= 0.3 is 0 Å². The number of hydrogen-bond donors (Lipinski definition) is 0. The summed E-state index contributed by atoms with van der Waals surface area (Å²) in [5, 5.41) is 3.79. The van der Waals surface area contributed by atoms with Gasteiger partial charge in [-0.15, -0.1) is 0 Å². The Morgan fingerprint density at radius 2 is 2.00 bits per heavy atom. The van der Waals surface area contributed by atoms with Gasteiger partial charge in [0.05, 0.1) is 18.8 Å². The van der Waals surface area contributed by atoms with Gasteiger partial charge in [-0.1, -0.05) is 18.0 Å². The molecule has 1 aromatic carbocycles. The first-order valence-corrected chi connectivity index (χ1v) is 8.56. The van der Waals surface area contributed by atoms with Gasteiger partial charge in [-0.2, -0.15) is 4.98 Å². The molecular formula is C18H21N3O3. The number of aryl methyl sites for hydroxylation is 1. The van der Waals surface area contributed by atoms with Crippen LogP contribution in [0, 0.1) is 6.92 Å². The first-order chi connectivity index (χ1) is 11.7. The summed E-state index contributed by atoms with van der Waals surface area (Å²) in [6, 6.07) is 7.62. The minimum atomic E-state index is 0.0865. The van der Waals surface area contributed by atoms with Crippen molar-refractivity contribution in [3.8, 4) is 11.5 Å². The van der Waals surface area contributed by atoms with Crippen molar-refractivity contribution in [3.63, 3.8) is 0 Å². The molecule has 0 bridgehead atoms. The van der Waals surface area contributed by atoms with E-state index >= 15 is 0 Å². The maximum atomic E-state index is 12.9. The second-order valence-corrected chi connectivity index (χ2v) is 6.48. The molecule has 0 N–H and O–H groups in total. The van der Waals surface area contributed by atoms with E-state index in [9.17, 15) is 4.79 Å². The number of benzene rings is 1. The Kier molecular flexibility index (Phi) is 4.06. The molecular weight excluding hydrogens is 306 g/mol. The number of ether oxygens (including phenoxy) is 1. The fraction of sp³-hybridized carbons (Fsp3) is 0.500. The molecule has 2 heterocycles. The number of fused-ring (bicyclic) bond motifs is 1. The van der Waals surface area contributed by atoms with Crippen molar-refractivity contribution >= 4 is 5.91 Å². The molecule has 126 valence electrons. The van der Waals surface area contributed by atoms with Gasteiger partial charge in [0.1, 0.15) is 0 Å². The molecule has 2 fully saturated rings. The molecule has 4 rings (SSSR count). The maximum absolute atomic E-state index is 12.9. The third kappa shape index (κ3) is 2.82. The molecule has 0 unspecified atom stereocenters. The number of amides is 1. The van der Waals surface area contributed by atoms with Crippen LogP contribution < -0.4 is 0 Å². The monoisotopic (exact) mass is 327 g/mol. The highest BCUT2D eigenvalue weighted by molar-refractivity contribution is 5.95. The smallest absolute Gasteiger partial charge is 0.257 e.